The van der Waals surface area contributed by atoms with Crippen molar-refractivity contribution in [3.05, 3.63) is 11.8 Å². The third kappa shape index (κ3) is 4.64. The van der Waals surface area contributed by atoms with Gasteiger partial charge in [0, 0.05) is 13.0 Å². The van der Waals surface area contributed by atoms with Crippen LogP contribution in [-0.2, 0) is 19.2 Å². The number of nitrogens with zero attached hydrogens (tertiary/aromatic N) is 2. The number of carbonyl (C=O) groups is 4. The normalized spacial score (nSPS) is 17.3. The van der Waals surface area contributed by atoms with Crippen LogP contribution in [0.3, 0.4) is 0 Å². The van der Waals surface area contributed by atoms with Crippen LogP contribution in [-0.4, -0.2) is 45.7 Å². The minimum Gasteiger partial charge on any atom is -0.360 e. The van der Waals surface area contributed by atoms with E-state index < -0.39 is 29.7 Å². The summed E-state index contributed by atoms with van der Waals surface area (Å²) in [6.45, 7) is 2.87. The Morgan fingerprint density at radius 3 is 2.74 bits per heavy atom. The van der Waals surface area contributed by atoms with Gasteiger partial charge in [0.05, 0.1) is 5.75 Å². The maximum atomic E-state index is 11.7. The molecule has 11 heteroatoms. The maximum absolute atomic E-state index is 11.7. The Bertz CT molecular complexity index is 698. The minimum absolute atomic E-state index is 0.00640. The predicted octanol–water partition coefficient (Wildman–Crippen LogP) is -0.828. The third-order valence-corrected chi connectivity index (χ3v) is 3.41. The smallest absolute Gasteiger partial charge is 0.280 e. The fourth-order valence-corrected chi connectivity index (χ4v) is 2.29. The third-order valence-electron chi connectivity index (χ3n) is 2.53. The van der Waals surface area contributed by atoms with E-state index in [0.717, 1.165) is 11.8 Å². The number of nitrogens with one attached hydrogen (secondary N) is 3. The second kappa shape index (κ2) is 7.05. The van der Waals surface area contributed by atoms with Crippen molar-refractivity contribution in [1.29, 1.82) is 0 Å². The van der Waals surface area contributed by atoms with E-state index in [2.05, 4.69) is 26.1 Å². The fourth-order valence-electron chi connectivity index (χ4n) is 1.62. The van der Waals surface area contributed by atoms with E-state index in [1.165, 1.54) is 6.92 Å². The fraction of sp³-hybridized carbons (Fsp3) is 0.333. The summed E-state index contributed by atoms with van der Waals surface area (Å²) in [6.07, 6.45) is 0. The largest absolute Gasteiger partial charge is 0.360 e. The van der Waals surface area contributed by atoms with E-state index in [1.54, 1.807) is 13.0 Å². The first-order valence-corrected chi connectivity index (χ1v) is 7.40. The number of carbonyl (C=O) groups excluding carboxylic acids is 4. The molecule has 0 fully saturated rings. The lowest BCUT2D eigenvalue weighted by molar-refractivity contribution is -0.134. The molecule has 1 aromatic heterocycles. The van der Waals surface area contributed by atoms with E-state index in [1.807, 2.05) is 0 Å². The molecule has 1 unspecified atom stereocenters. The van der Waals surface area contributed by atoms with Gasteiger partial charge in [-0.25, -0.2) is 0 Å². The Balaban J connectivity index is 1.88. The van der Waals surface area contributed by atoms with Crippen molar-refractivity contribution in [2.24, 2.45) is 4.99 Å². The molecule has 0 spiro atoms. The second-order valence-corrected chi connectivity index (χ2v) is 5.50. The molecule has 3 N–H and O–H groups in total. The molecule has 23 heavy (non-hydrogen) atoms. The Morgan fingerprint density at radius 2 is 2.17 bits per heavy atom. The summed E-state index contributed by atoms with van der Waals surface area (Å²) in [5, 5.41) is 10.6. The zero-order valence-corrected chi connectivity index (χ0v) is 13.0. The van der Waals surface area contributed by atoms with Crippen LogP contribution < -0.4 is 16.0 Å². The van der Waals surface area contributed by atoms with Crippen LogP contribution in [0.1, 0.15) is 12.7 Å². The lowest BCUT2D eigenvalue weighted by Gasteiger charge is -2.19. The van der Waals surface area contributed by atoms with Gasteiger partial charge >= 0.3 is 0 Å². The maximum Gasteiger partial charge on any atom is 0.280 e. The number of thioether (sulfide) groups is 1. The number of aryl methyl sites for hydroxylation is 1. The molecule has 0 bridgehead atoms. The van der Waals surface area contributed by atoms with Gasteiger partial charge in [-0.05, 0) is 6.92 Å². The number of amidine groups is 1. The Kier molecular flexibility index (Phi) is 5.11. The van der Waals surface area contributed by atoms with Crippen molar-refractivity contribution in [2.75, 3.05) is 11.1 Å². The lowest BCUT2D eigenvalue weighted by atomic mass is 10.2. The second-order valence-electron chi connectivity index (χ2n) is 4.54. The number of anilines is 1. The van der Waals surface area contributed by atoms with Crippen LogP contribution in [0.5, 0.6) is 0 Å². The molecule has 1 atom stereocenters. The molecule has 4 amide bonds. The van der Waals surface area contributed by atoms with Gasteiger partial charge in [0.25, 0.3) is 11.8 Å². The van der Waals surface area contributed by atoms with Gasteiger partial charge in [0.2, 0.25) is 11.8 Å². The van der Waals surface area contributed by atoms with Crippen molar-refractivity contribution in [3.8, 4) is 0 Å². The molecule has 2 heterocycles. The zero-order valence-electron chi connectivity index (χ0n) is 12.2. The molecule has 0 saturated heterocycles. The van der Waals surface area contributed by atoms with Crippen molar-refractivity contribution in [1.82, 2.24) is 15.8 Å². The topological polar surface area (TPSA) is 143 Å². The van der Waals surface area contributed by atoms with Gasteiger partial charge in [-0.1, -0.05) is 16.9 Å². The average molecular weight is 339 g/mol. The first-order valence-electron chi connectivity index (χ1n) is 6.41. The molecule has 0 radical (unpaired) electrons. The van der Waals surface area contributed by atoms with Crippen LogP contribution in [0.15, 0.2) is 15.6 Å². The van der Waals surface area contributed by atoms with E-state index >= 15 is 0 Å². The number of aliphatic imine (C=N–C) groups is 1. The molecule has 2 rings (SSSR count). The number of rotatable bonds is 4. The summed E-state index contributed by atoms with van der Waals surface area (Å²) in [4.78, 5) is 49.7. The van der Waals surface area contributed by atoms with Crippen LogP contribution in [0.4, 0.5) is 5.82 Å². The standard InChI is InChI=1S/C12H13N5O5S/c1-5-3-7(17-22-5)14-8(19)4-23-12-15-10(20)9(11(21)16-12)13-6(2)18/h3,9H,4H2,1-2H3,(H,13,18)(H,14,17,19)(H,15,16,20,21). The molecule has 0 saturated carbocycles. The van der Waals surface area contributed by atoms with E-state index in [-0.39, 0.29) is 16.7 Å². The molecule has 122 valence electrons. The minimum atomic E-state index is -1.34. The predicted molar refractivity (Wildman–Crippen MR) is 80.5 cm³/mol. The molecule has 1 aliphatic heterocycles. The Hall–Kier alpha value is -2.69. The average Bonchev–Trinajstić information content (AvgIpc) is 2.85. The molecule has 1 aliphatic rings. The van der Waals surface area contributed by atoms with Crippen molar-refractivity contribution in [2.45, 2.75) is 19.9 Å². The van der Waals surface area contributed by atoms with Gasteiger partial charge in [-0.3, -0.25) is 19.2 Å². The molecule has 0 aromatic carbocycles. The first kappa shape index (κ1) is 16.7. The van der Waals surface area contributed by atoms with Gasteiger partial charge in [0.1, 0.15) is 5.76 Å². The van der Waals surface area contributed by atoms with Crippen LogP contribution in [0.2, 0.25) is 0 Å². The quantitative estimate of drug-likeness (QED) is 0.608. The highest BCUT2D eigenvalue weighted by molar-refractivity contribution is 8.14. The summed E-state index contributed by atoms with van der Waals surface area (Å²) in [5.41, 5.74) is 0. The Labute approximate surface area is 134 Å². The summed E-state index contributed by atoms with van der Waals surface area (Å²) >= 11 is 0.874. The van der Waals surface area contributed by atoms with E-state index in [9.17, 15) is 19.2 Å². The zero-order chi connectivity index (χ0) is 17.0. The summed E-state index contributed by atoms with van der Waals surface area (Å²) in [7, 11) is 0. The molecule has 10 nitrogen and oxygen atoms in total. The van der Waals surface area contributed by atoms with E-state index in [4.69, 9.17) is 4.52 Å². The van der Waals surface area contributed by atoms with Gasteiger partial charge in [-0.2, -0.15) is 4.99 Å². The van der Waals surface area contributed by atoms with E-state index in [0.29, 0.717) is 5.76 Å². The summed E-state index contributed by atoms with van der Waals surface area (Å²) < 4.78 is 4.80. The van der Waals surface area contributed by atoms with Crippen molar-refractivity contribution in [3.63, 3.8) is 0 Å². The summed E-state index contributed by atoms with van der Waals surface area (Å²) in [6, 6.07) is 0.202. The van der Waals surface area contributed by atoms with Crippen molar-refractivity contribution < 1.29 is 23.7 Å². The van der Waals surface area contributed by atoms with Gasteiger partial charge < -0.3 is 20.5 Å². The van der Waals surface area contributed by atoms with Crippen molar-refractivity contribution >= 4 is 46.4 Å². The van der Waals surface area contributed by atoms with Gasteiger partial charge in [0.15, 0.2) is 17.0 Å². The number of hydrogen-bond acceptors (Lipinski definition) is 7. The highest BCUT2D eigenvalue weighted by Gasteiger charge is 2.32. The monoisotopic (exact) mass is 339 g/mol. The molecular weight excluding hydrogens is 326 g/mol. The van der Waals surface area contributed by atoms with Crippen LogP contribution >= 0.6 is 11.8 Å². The summed E-state index contributed by atoms with van der Waals surface area (Å²) in [5.74, 6) is -1.70. The van der Waals surface area contributed by atoms with Gasteiger partial charge in [-0.15, -0.1) is 0 Å². The number of hydrogen-bond donors (Lipinski definition) is 3. The molecule has 0 aliphatic carbocycles. The Morgan fingerprint density at radius 1 is 1.43 bits per heavy atom. The first-order chi connectivity index (χ1) is 10.8. The van der Waals surface area contributed by atoms with Crippen LogP contribution in [0.25, 0.3) is 0 Å². The molecule has 1 aromatic rings. The van der Waals surface area contributed by atoms with Crippen LogP contribution in [0, 0.1) is 6.92 Å². The number of aromatic nitrogens is 1. The SMILES string of the molecule is CC(=O)NC1C(=O)N=C(SCC(=O)Nc2cc(C)on2)NC1=O. The number of amides is 4. The highest BCUT2D eigenvalue weighted by atomic mass is 32.2. The highest BCUT2D eigenvalue weighted by Crippen LogP contribution is 2.11. The molecular formula is C12H13N5O5S. The lowest BCUT2D eigenvalue weighted by Crippen LogP contribution is -2.54.